The van der Waals surface area contributed by atoms with Crippen molar-refractivity contribution >= 4 is 27.3 Å². The van der Waals surface area contributed by atoms with Crippen LogP contribution in [0.4, 0.5) is 24.5 Å². The van der Waals surface area contributed by atoms with Gasteiger partial charge in [-0.05, 0) is 74.4 Å². The fourth-order valence-corrected chi connectivity index (χ4v) is 4.67. The van der Waals surface area contributed by atoms with Crippen molar-refractivity contribution in [2.75, 3.05) is 16.2 Å². The van der Waals surface area contributed by atoms with Crippen LogP contribution in [0.25, 0.3) is 0 Å². The molecule has 1 N–H and O–H groups in total. The summed E-state index contributed by atoms with van der Waals surface area (Å²) >= 11 is 0. The summed E-state index contributed by atoms with van der Waals surface area (Å²) in [5.74, 6) is -1.11. The van der Waals surface area contributed by atoms with E-state index in [2.05, 4.69) is 10.1 Å². The van der Waals surface area contributed by atoms with Gasteiger partial charge in [-0.15, -0.1) is 13.2 Å². The Kier molecular flexibility index (Phi) is 7.21. The minimum absolute atomic E-state index is 0.0282. The summed E-state index contributed by atoms with van der Waals surface area (Å²) in [7, 11) is -4.10. The van der Waals surface area contributed by atoms with Crippen molar-refractivity contribution in [1.82, 2.24) is 0 Å². The van der Waals surface area contributed by atoms with E-state index in [1.165, 1.54) is 24.3 Å². The van der Waals surface area contributed by atoms with Crippen LogP contribution >= 0.6 is 0 Å². The zero-order valence-corrected chi connectivity index (χ0v) is 19.5. The number of nitrogens with zero attached hydrogens (tertiary/aromatic N) is 1. The van der Waals surface area contributed by atoms with E-state index in [0.29, 0.717) is 11.3 Å². The number of benzene rings is 3. The number of nitrogens with one attached hydrogen (secondary N) is 1. The summed E-state index contributed by atoms with van der Waals surface area (Å²) in [4.78, 5) is 12.8. The molecule has 3 rings (SSSR count). The third-order valence-electron chi connectivity index (χ3n) is 4.90. The van der Waals surface area contributed by atoms with E-state index in [1.54, 1.807) is 31.2 Å². The Morgan fingerprint density at radius 2 is 1.50 bits per heavy atom. The first-order chi connectivity index (χ1) is 15.8. The average molecular weight is 493 g/mol. The molecule has 0 aliphatic heterocycles. The molecule has 34 heavy (non-hydrogen) atoms. The van der Waals surface area contributed by atoms with Gasteiger partial charge < -0.3 is 10.1 Å². The Hall–Kier alpha value is -3.53. The van der Waals surface area contributed by atoms with Crippen molar-refractivity contribution in [2.24, 2.45) is 0 Å². The molecule has 3 aromatic carbocycles. The molecule has 0 aliphatic carbocycles. The zero-order valence-electron chi connectivity index (χ0n) is 18.7. The van der Waals surface area contributed by atoms with Crippen molar-refractivity contribution in [1.29, 1.82) is 0 Å². The topological polar surface area (TPSA) is 75.7 Å². The maximum absolute atomic E-state index is 13.5. The molecular weight excluding hydrogens is 469 g/mol. The van der Waals surface area contributed by atoms with E-state index >= 15 is 0 Å². The monoisotopic (exact) mass is 492 g/mol. The van der Waals surface area contributed by atoms with Gasteiger partial charge in [0.15, 0.2) is 0 Å². The number of alkyl halides is 3. The lowest BCUT2D eigenvalue weighted by atomic mass is 10.1. The lowest BCUT2D eigenvalue weighted by molar-refractivity contribution is -0.274. The Morgan fingerprint density at radius 3 is 2.09 bits per heavy atom. The molecule has 0 radical (unpaired) electrons. The molecular formula is C24H23F3N2O4S. The van der Waals surface area contributed by atoms with Gasteiger partial charge in [-0.1, -0.05) is 29.8 Å². The highest BCUT2D eigenvalue weighted by molar-refractivity contribution is 7.92. The number of carbonyl (C=O) groups is 1. The van der Waals surface area contributed by atoms with E-state index in [-0.39, 0.29) is 10.6 Å². The molecule has 0 bridgehead atoms. The van der Waals surface area contributed by atoms with Crippen molar-refractivity contribution in [3.05, 3.63) is 83.4 Å². The van der Waals surface area contributed by atoms with Gasteiger partial charge in [0, 0.05) is 5.69 Å². The Balaban J connectivity index is 1.89. The summed E-state index contributed by atoms with van der Waals surface area (Å²) < 4.78 is 68.8. The van der Waals surface area contributed by atoms with Gasteiger partial charge >= 0.3 is 6.36 Å². The third-order valence-corrected chi connectivity index (χ3v) is 6.68. The molecule has 180 valence electrons. The summed E-state index contributed by atoms with van der Waals surface area (Å²) in [5.41, 5.74) is 2.89. The molecule has 10 heteroatoms. The molecule has 6 nitrogen and oxygen atoms in total. The van der Waals surface area contributed by atoms with Gasteiger partial charge in [0.1, 0.15) is 12.3 Å². The number of ether oxygens (including phenoxy) is 1. The third kappa shape index (κ3) is 6.28. The first-order valence-corrected chi connectivity index (χ1v) is 11.6. The van der Waals surface area contributed by atoms with E-state index in [1.807, 2.05) is 19.9 Å². The fraction of sp³-hybridized carbons (Fsp3) is 0.208. The Morgan fingerprint density at radius 1 is 0.912 bits per heavy atom. The van der Waals surface area contributed by atoms with Crippen molar-refractivity contribution in [3.63, 3.8) is 0 Å². The SMILES string of the molecule is Cc1ccc(S(=O)(=O)N(CC(=O)Nc2ccc(OC(F)(F)F)cc2)c2cc(C)ccc2C)cc1. The minimum Gasteiger partial charge on any atom is -0.406 e. The van der Waals surface area contributed by atoms with Crippen LogP contribution in [0.2, 0.25) is 0 Å². The maximum Gasteiger partial charge on any atom is 0.573 e. The smallest absolute Gasteiger partial charge is 0.406 e. The van der Waals surface area contributed by atoms with E-state index in [4.69, 9.17) is 0 Å². The van der Waals surface area contributed by atoms with Crippen LogP contribution in [0.3, 0.4) is 0 Å². The van der Waals surface area contributed by atoms with Crippen molar-refractivity contribution < 1.29 is 31.1 Å². The number of carbonyl (C=O) groups excluding carboxylic acids is 1. The predicted molar refractivity (Wildman–Crippen MR) is 123 cm³/mol. The largest absolute Gasteiger partial charge is 0.573 e. The molecule has 0 atom stereocenters. The van der Waals surface area contributed by atoms with Gasteiger partial charge in [0.05, 0.1) is 10.6 Å². The number of rotatable bonds is 7. The number of amides is 1. The highest BCUT2D eigenvalue weighted by atomic mass is 32.2. The lowest BCUT2D eigenvalue weighted by Gasteiger charge is -2.26. The first-order valence-electron chi connectivity index (χ1n) is 10.2. The van der Waals surface area contributed by atoms with Gasteiger partial charge in [0.25, 0.3) is 10.0 Å². The van der Waals surface area contributed by atoms with Crippen LogP contribution in [0.5, 0.6) is 5.75 Å². The summed E-state index contributed by atoms with van der Waals surface area (Å²) in [6, 6.07) is 16.1. The van der Waals surface area contributed by atoms with E-state index < -0.39 is 34.6 Å². The van der Waals surface area contributed by atoms with Crippen LogP contribution in [-0.4, -0.2) is 27.2 Å². The standard InChI is InChI=1S/C24H23F3N2O4S/c1-16-5-12-21(13-6-16)34(31,32)29(22-14-17(2)4-7-18(22)3)15-23(30)28-19-8-10-20(11-9-19)33-24(25,26)27/h4-14H,15H2,1-3H3,(H,28,30). The molecule has 0 unspecified atom stereocenters. The van der Waals surface area contributed by atoms with Crippen molar-refractivity contribution in [3.8, 4) is 5.75 Å². The van der Waals surface area contributed by atoms with Crippen LogP contribution in [0, 0.1) is 20.8 Å². The number of hydrogen-bond acceptors (Lipinski definition) is 4. The fourth-order valence-electron chi connectivity index (χ4n) is 3.20. The van der Waals surface area contributed by atoms with Gasteiger partial charge in [-0.3, -0.25) is 9.10 Å². The van der Waals surface area contributed by atoms with E-state index in [0.717, 1.165) is 27.6 Å². The van der Waals surface area contributed by atoms with Gasteiger partial charge in [0.2, 0.25) is 5.91 Å². The van der Waals surface area contributed by atoms with Crippen LogP contribution in [0.15, 0.2) is 71.6 Å². The second-order valence-electron chi connectivity index (χ2n) is 7.74. The maximum atomic E-state index is 13.5. The molecule has 3 aromatic rings. The van der Waals surface area contributed by atoms with Crippen LogP contribution in [-0.2, 0) is 14.8 Å². The van der Waals surface area contributed by atoms with Gasteiger partial charge in [-0.25, -0.2) is 8.42 Å². The summed E-state index contributed by atoms with van der Waals surface area (Å²) in [6.45, 7) is 4.84. The highest BCUT2D eigenvalue weighted by Crippen LogP contribution is 2.29. The Bertz CT molecular complexity index is 1270. The number of aryl methyl sites for hydroxylation is 3. The molecule has 0 aliphatic rings. The molecule has 0 spiro atoms. The summed E-state index contributed by atoms with van der Waals surface area (Å²) in [6.07, 6.45) is -4.83. The number of anilines is 2. The number of hydrogen-bond donors (Lipinski definition) is 1. The molecule has 0 heterocycles. The lowest BCUT2D eigenvalue weighted by Crippen LogP contribution is -2.38. The molecule has 1 amide bonds. The highest BCUT2D eigenvalue weighted by Gasteiger charge is 2.31. The second-order valence-corrected chi connectivity index (χ2v) is 9.60. The summed E-state index contributed by atoms with van der Waals surface area (Å²) in [5, 5.41) is 2.52. The molecule has 0 aromatic heterocycles. The number of halogens is 3. The molecule has 0 saturated heterocycles. The molecule has 0 saturated carbocycles. The van der Waals surface area contributed by atoms with Crippen LogP contribution < -0.4 is 14.4 Å². The first kappa shape index (κ1) is 25.1. The normalized spacial score (nSPS) is 11.7. The van der Waals surface area contributed by atoms with Crippen LogP contribution in [0.1, 0.15) is 16.7 Å². The predicted octanol–water partition coefficient (Wildman–Crippen LogP) is 5.34. The minimum atomic E-state index is -4.83. The van der Waals surface area contributed by atoms with Crippen molar-refractivity contribution in [2.45, 2.75) is 32.0 Å². The number of sulfonamides is 1. The zero-order chi connectivity index (χ0) is 25.1. The Labute approximate surface area is 196 Å². The second kappa shape index (κ2) is 9.76. The molecule has 0 fully saturated rings. The quantitative estimate of drug-likeness (QED) is 0.483. The average Bonchev–Trinajstić information content (AvgIpc) is 2.74. The van der Waals surface area contributed by atoms with Gasteiger partial charge in [-0.2, -0.15) is 0 Å². The van der Waals surface area contributed by atoms with E-state index in [9.17, 15) is 26.4 Å².